The molecular formula is C11H13BrFNO2. The maximum Gasteiger partial charge on any atom is 0.231 e. The first-order valence-corrected chi connectivity index (χ1v) is 5.92. The Balaban J connectivity index is 2.43. The van der Waals surface area contributed by atoms with Gasteiger partial charge in [-0.15, -0.1) is 0 Å². The minimum absolute atomic E-state index is 0.0656. The Labute approximate surface area is 102 Å². The molecule has 1 aliphatic heterocycles. The zero-order valence-electron chi connectivity index (χ0n) is 8.93. The second-order valence-electron chi connectivity index (χ2n) is 3.81. The highest BCUT2D eigenvalue weighted by Crippen LogP contribution is 2.44. The molecule has 0 saturated heterocycles. The van der Waals surface area contributed by atoms with Crippen LogP contribution in [-0.2, 0) is 0 Å². The Hall–Kier alpha value is -0.810. The molecule has 1 heterocycles. The van der Waals surface area contributed by atoms with E-state index < -0.39 is 0 Å². The topological polar surface area (TPSA) is 44.5 Å². The lowest BCUT2D eigenvalue weighted by Gasteiger charge is -2.13. The predicted octanol–water partition coefficient (Wildman–Crippen LogP) is 2.77. The Kier molecular flexibility index (Phi) is 3.35. The third kappa shape index (κ3) is 1.89. The molecule has 1 aliphatic rings. The van der Waals surface area contributed by atoms with Gasteiger partial charge in [0, 0.05) is 0 Å². The largest absolute Gasteiger partial charge is 0.454 e. The van der Waals surface area contributed by atoms with Gasteiger partial charge < -0.3 is 15.2 Å². The van der Waals surface area contributed by atoms with Gasteiger partial charge in [-0.2, -0.15) is 0 Å². The first-order valence-electron chi connectivity index (χ1n) is 5.12. The van der Waals surface area contributed by atoms with Gasteiger partial charge in [-0.25, -0.2) is 4.39 Å². The number of rotatable bonds is 3. The molecule has 0 spiro atoms. The molecule has 0 bridgehead atoms. The summed E-state index contributed by atoms with van der Waals surface area (Å²) in [6.45, 7) is 2.62. The third-order valence-electron chi connectivity index (χ3n) is 2.70. The van der Waals surface area contributed by atoms with E-state index in [1.54, 1.807) is 6.07 Å². The molecule has 5 heteroatoms. The Morgan fingerprint density at radius 3 is 3.00 bits per heavy atom. The third-order valence-corrected chi connectivity index (χ3v) is 3.41. The van der Waals surface area contributed by atoms with Crippen LogP contribution in [0.3, 0.4) is 0 Å². The Bertz CT molecular complexity index is 411. The van der Waals surface area contributed by atoms with Crippen molar-refractivity contribution in [3.8, 4) is 11.5 Å². The lowest BCUT2D eigenvalue weighted by atomic mass is 9.97. The fourth-order valence-electron chi connectivity index (χ4n) is 1.76. The van der Waals surface area contributed by atoms with E-state index in [0.717, 1.165) is 6.42 Å². The molecule has 0 radical (unpaired) electrons. The molecule has 3 nitrogen and oxygen atoms in total. The SMILES string of the molecule is CC(CCN)c1cc2c(c(Br)c1F)OCO2. The number of hydrogen-bond acceptors (Lipinski definition) is 3. The van der Waals surface area contributed by atoms with Gasteiger partial charge in [-0.05, 0) is 46.4 Å². The number of nitrogens with two attached hydrogens (primary N) is 1. The molecule has 1 aromatic carbocycles. The van der Waals surface area contributed by atoms with Crippen LogP contribution in [-0.4, -0.2) is 13.3 Å². The minimum atomic E-state index is -0.287. The summed E-state index contributed by atoms with van der Waals surface area (Å²) in [5, 5.41) is 0. The van der Waals surface area contributed by atoms with Crippen molar-refractivity contribution in [2.45, 2.75) is 19.3 Å². The molecule has 16 heavy (non-hydrogen) atoms. The number of ether oxygens (including phenoxy) is 2. The normalized spacial score (nSPS) is 15.2. The standard InChI is InChI=1S/C11H13BrFNO2/c1-6(2-3-14)7-4-8-11(16-5-15-8)9(12)10(7)13/h4,6H,2-3,5,14H2,1H3. The summed E-state index contributed by atoms with van der Waals surface area (Å²) in [5.74, 6) is 0.814. The van der Waals surface area contributed by atoms with Crippen molar-refractivity contribution in [1.29, 1.82) is 0 Å². The van der Waals surface area contributed by atoms with E-state index >= 15 is 0 Å². The van der Waals surface area contributed by atoms with Crippen molar-refractivity contribution in [3.05, 3.63) is 21.9 Å². The maximum atomic E-state index is 14.0. The molecule has 0 aromatic heterocycles. The first kappa shape index (κ1) is 11.7. The molecular weight excluding hydrogens is 277 g/mol. The molecule has 1 atom stereocenters. The number of benzene rings is 1. The predicted molar refractivity (Wildman–Crippen MR) is 62.3 cm³/mol. The second-order valence-corrected chi connectivity index (χ2v) is 4.60. The van der Waals surface area contributed by atoms with Crippen LogP contribution in [0, 0.1) is 5.82 Å². The second kappa shape index (κ2) is 4.59. The smallest absolute Gasteiger partial charge is 0.231 e. The molecule has 2 rings (SSSR count). The van der Waals surface area contributed by atoms with Crippen molar-refractivity contribution in [2.75, 3.05) is 13.3 Å². The van der Waals surface area contributed by atoms with Gasteiger partial charge in [0.1, 0.15) is 5.82 Å². The number of hydrogen-bond donors (Lipinski definition) is 1. The average molecular weight is 290 g/mol. The summed E-state index contributed by atoms with van der Waals surface area (Å²) < 4.78 is 24.8. The first-order chi connectivity index (χ1) is 7.65. The molecule has 0 aliphatic carbocycles. The van der Waals surface area contributed by atoms with Crippen LogP contribution in [0.15, 0.2) is 10.5 Å². The fourth-order valence-corrected chi connectivity index (χ4v) is 2.30. The van der Waals surface area contributed by atoms with E-state index in [0.29, 0.717) is 28.1 Å². The quantitative estimate of drug-likeness (QED) is 0.931. The Morgan fingerprint density at radius 1 is 1.56 bits per heavy atom. The van der Waals surface area contributed by atoms with Crippen LogP contribution in [0.25, 0.3) is 0 Å². The molecule has 88 valence electrons. The maximum absolute atomic E-state index is 14.0. The van der Waals surface area contributed by atoms with Crippen LogP contribution >= 0.6 is 15.9 Å². The molecule has 1 aromatic rings. The highest BCUT2D eigenvalue weighted by molar-refractivity contribution is 9.10. The van der Waals surface area contributed by atoms with Crippen molar-refractivity contribution in [1.82, 2.24) is 0 Å². The van der Waals surface area contributed by atoms with Crippen LogP contribution in [0.5, 0.6) is 11.5 Å². The fraction of sp³-hybridized carbons (Fsp3) is 0.455. The summed E-state index contributed by atoms with van der Waals surface area (Å²) in [6.07, 6.45) is 0.739. The lowest BCUT2D eigenvalue weighted by Crippen LogP contribution is -2.06. The molecule has 0 saturated carbocycles. The van der Waals surface area contributed by atoms with Gasteiger partial charge >= 0.3 is 0 Å². The zero-order chi connectivity index (χ0) is 11.7. The van der Waals surface area contributed by atoms with E-state index in [9.17, 15) is 4.39 Å². The molecule has 1 unspecified atom stereocenters. The summed E-state index contributed by atoms with van der Waals surface area (Å²) in [4.78, 5) is 0. The van der Waals surface area contributed by atoms with Crippen molar-refractivity contribution >= 4 is 15.9 Å². The van der Waals surface area contributed by atoms with Crippen LogP contribution in [0.1, 0.15) is 24.8 Å². The van der Waals surface area contributed by atoms with E-state index in [4.69, 9.17) is 15.2 Å². The highest BCUT2D eigenvalue weighted by Gasteiger charge is 2.24. The zero-order valence-corrected chi connectivity index (χ0v) is 10.5. The van der Waals surface area contributed by atoms with Gasteiger partial charge in [-0.3, -0.25) is 0 Å². The van der Waals surface area contributed by atoms with Gasteiger partial charge in [0.25, 0.3) is 0 Å². The summed E-state index contributed by atoms with van der Waals surface area (Å²) in [6, 6.07) is 1.70. The van der Waals surface area contributed by atoms with Gasteiger partial charge in [-0.1, -0.05) is 6.92 Å². The van der Waals surface area contributed by atoms with E-state index in [-0.39, 0.29) is 18.5 Å². The van der Waals surface area contributed by atoms with Crippen molar-refractivity contribution < 1.29 is 13.9 Å². The van der Waals surface area contributed by atoms with E-state index in [2.05, 4.69) is 15.9 Å². The number of fused-ring (bicyclic) bond motifs is 1. The van der Waals surface area contributed by atoms with Crippen LogP contribution in [0.4, 0.5) is 4.39 Å². The summed E-state index contributed by atoms with van der Waals surface area (Å²) in [5.41, 5.74) is 6.09. The van der Waals surface area contributed by atoms with E-state index in [1.165, 1.54) is 0 Å². The van der Waals surface area contributed by atoms with Crippen LogP contribution in [0.2, 0.25) is 0 Å². The summed E-state index contributed by atoms with van der Waals surface area (Å²) >= 11 is 3.19. The molecule has 0 amide bonds. The lowest BCUT2D eigenvalue weighted by molar-refractivity contribution is 0.173. The van der Waals surface area contributed by atoms with Crippen molar-refractivity contribution in [3.63, 3.8) is 0 Å². The van der Waals surface area contributed by atoms with Gasteiger partial charge in [0.15, 0.2) is 11.5 Å². The highest BCUT2D eigenvalue weighted by atomic mass is 79.9. The average Bonchev–Trinajstić information content (AvgIpc) is 2.71. The summed E-state index contributed by atoms with van der Waals surface area (Å²) in [7, 11) is 0. The minimum Gasteiger partial charge on any atom is -0.454 e. The molecule has 0 fully saturated rings. The van der Waals surface area contributed by atoms with Gasteiger partial charge in [0.05, 0.1) is 4.47 Å². The molecule has 2 N–H and O–H groups in total. The monoisotopic (exact) mass is 289 g/mol. The van der Waals surface area contributed by atoms with Crippen LogP contribution < -0.4 is 15.2 Å². The number of halogens is 2. The Morgan fingerprint density at radius 2 is 2.31 bits per heavy atom. The van der Waals surface area contributed by atoms with Crippen molar-refractivity contribution in [2.24, 2.45) is 5.73 Å². The van der Waals surface area contributed by atoms with Gasteiger partial charge in [0.2, 0.25) is 6.79 Å². The van der Waals surface area contributed by atoms with E-state index in [1.807, 2.05) is 6.92 Å².